The summed E-state index contributed by atoms with van der Waals surface area (Å²) in [5.41, 5.74) is 1.29. The van der Waals surface area contributed by atoms with Crippen LogP contribution >= 0.6 is 0 Å². The van der Waals surface area contributed by atoms with Crippen molar-refractivity contribution in [1.82, 2.24) is 10.2 Å². The molecule has 1 heterocycles. The Balaban J connectivity index is 2.34. The van der Waals surface area contributed by atoms with Crippen LogP contribution in [0, 0.1) is 5.82 Å². The number of hydrogen-bond acceptors (Lipinski definition) is 2. The first-order chi connectivity index (χ1) is 7.65. The summed E-state index contributed by atoms with van der Waals surface area (Å²) in [4.78, 5) is 2.26. The standard InChI is InChI=1S/C13H19FN2/c1-16(2)13(7-9-15-10-8-13)11-3-5-12(14)6-4-11/h3-6,15H,7-10H2,1-2H3. The molecule has 1 aromatic carbocycles. The van der Waals surface area contributed by atoms with Gasteiger partial charge in [-0.1, -0.05) is 12.1 Å². The molecule has 3 heteroatoms. The Morgan fingerprint density at radius 1 is 1.12 bits per heavy atom. The normalized spacial score (nSPS) is 20.0. The summed E-state index contributed by atoms with van der Waals surface area (Å²) < 4.78 is 13.0. The first-order valence-electron chi connectivity index (χ1n) is 5.79. The number of piperidine rings is 1. The van der Waals surface area contributed by atoms with Gasteiger partial charge in [-0.3, -0.25) is 4.90 Å². The van der Waals surface area contributed by atoms with Crippen molar-refractivity contribution in [2.75, 3.05) is 27.2 Å². The fourth-order valence-corrected chi connectivity index (χ4v) is 2.59. The van der Waals surface area contributed by atoms with Gasteiger partial charge in [0.05, 0.1) is 0 Å². The molecule has 2 rings (SSSR count). The van der Waals surface area contributed by atoms with Crippen LogP contribution in [0.3, 0.4) is 0 Å². The molecule has 0 amide bonds. The van der Waals surface area contributed by atoms with E-state index in [4.69, 9.17) is 0 Å². The van der Waals surface area contributed by atoms with Gasteiger partial charge in [-0.05, 0) is 57.7 Å². The van der Waals surface area contributed by atoms with Crippen LogP contribution in [0.1, 0.15) is 18.4 Å². The minimum atomic E-state index is -0.161. The second-order valence-corrected chi connectivity index (χ2v) is 4.68. The van der Waals surface area contributed by atoms with Gasteiger partial charge in [-0.15, -0.1) is 0 Å². The minimum Gasteiger partial charge on any atom is -0.317 e. The van der Waals surface area contributed by atoms with E-state index >= 15 is 0 Å². The molecule has 1 saturated heterocycles. The molecule has 0 aliphatic carbocycles. The molecule has 1 aromatic rings. The first-order valence-corrected chi connectivity index (χ1v) is 5.79. The quantitative estimate of drug-likeness (QED) is 0.823. The summed E-state index contributed by atoms with van der Waals surface area (Å²) in [5.74, 6) is -0.161. The fraction of sp³-hybridized carbons (Fsp3) is 0.538. The van der Waals surface area contributed by atoms with E-state index in [-0.39, 0.29) is 11.4 Å². The van der Waals surface area contributed by atoms with Crippen molar-refractivity contribution in [3.8, 4) is 0 Å². The second kappa shape index (κ2) is 4.52. The number of hydrogen-bond donors (Lipinski definition) is 1. The summed E-state index contributed by atoms with van der Waals surface area (Å²) in [5, 5.41) is 3.37. The third-order valence-corrected chi connectivity index (χ3v) is 3.67. The van der Waals surface area contributed by atoms with E-state index in [1.165, 1.54) is 5.56 Å². The number of halogens is 1. The van der Waals surface area contributed by atoms with Crippen molar-refractivity contribution >= 4 is 0 Å². The maximum atomic E-state index is 13.0. The number of nitrogens with one attached hydrogen (secondary N) is 1. The molecule has 1 aliphatic rings. The lowest BCUT2D eigenvalue weighted by atomic mass is 9.80. The maximum absolute atomic E-state index is 13.0. The molecule has 1 aliphatic heterocycles. The van der Waals surface area contributed by atoms with Crippen LogP contribution in [-0.4, -0.2) is 32.1 Å². The molecule has 0 radical (unpaired) electrons. The third kappa shape index (κ3) is 1.97. The van der Waals surface area contributed by atoms with Crippen molar-refractivity contribution in [2.24, 2.45) is 0 Å². The summed E-state index contributed by atoms with van der Waals surface area (Å²) in [6.45, 7) is 2.05. The Morgan fingerprint density at radius 3 is 2.19 bits per heavy atom. The van der Waals surface area contributed by atoms with Crippen LogP contribution < -0.4 is 5.32 Å². The summed E-state index contributed by atoms with van der Waals surface area (Å²) in [6.07, 6.45) is 2.15. The van der Waals surface area contributed by atoms with Gasteiger partial charge in [0.15, 0.2) is 0 Å². The molecule has 0 saturated carbocycles. The highest BCUT2D eigenvalue weighted by Crippen LogP contribution is 2.35. The minimum absolute atomic E-state index is 0.0684. The lowest BCUT2D eigenvalue weighted by molar-refractivity contribution is 0.107. The largest absolute Gasteiger partial charge is 0.317 e. The average molecular weight is 222 g/mol. The van der Waals surface area contributed by atoms with Crippen LogP contribution in [0.15, 0.2) is 24.3 Å². The summed E-state index contributed by atoms with van der Waals surface area (Å²) in [7, 11) is 4.21. The first kappa shape index (κ1) is 11.6. The van der Waals surface area contributed by atoms with Crippen molar-refractivity contribution in [3.05, 3.63) is 35.6 Å². The number of benzene rings is 1. The van der Waals surface area contributed by atoms with E-state index in [1.807, 2.05) is 12.1 Å². The lowest BCUT2D eigenvalue weighted by Gasteiger charge is -2.43. The van der Waals surface area contributed by atoms with E-state index in [1.54, 1.807) is 12.1 Å². The Morgan fingerprint density at radius 2 is 1.69 bits per heavy atom. The van der Waals surface area contributed by atoms with Gasteiger partial charge in [0, 0.05) is 5.54 Å². The predicted molar refractivity (Wildman–Crippen MR) is 63.9 cm³/mol. The van der Waals surface area contributed by atoms with Crippen molar-refractivity contribution in [1.29, 1.82) is 0 Å². The van der Waals surface area contributed by atoms with Crippen molar-refractivity contribution in [3.63, 3.8) is 0 Å². The SMILES string of the molecule is CN(C)C1(c2ccc(F)cc2)CCNCC1. The number of nitrogens with zero attached hydrogens (tertiary/aromatic N) is 1. The lowest BCUT2D eigenvalue weighted by Crippen LogP contribution is -2.49. The molecular formula is C13H19FN2. The highest BCUT2D eigenvalue weighted by atomic mass is 19.1. The molecule has 88 valence electrons. The zero-order chi connectivity index (χ0) is 11.6. The Labute approximate surface area is 96.5 Å². The predicted octanol–water partition coefficient (Wildman–Crippen LogP) is 1.97. The zero-order valence-electron chi connectivity index (χ0n) is 9.96. The van der Waals surface area contributed by atoms with Crippen LogP contribution in [0.2, 0.25) is 0 Å². The Bertz CT molecular complexity index is 339. The van der Waals surface area contributed by atoms with E-state index in [2.05, 4.69) is 24.3 Å². The molecular weight excluding hydrogens is 203 g/mol. The summed E-state index contributed by atoms with van der Waals surface area (Å²) in [6, 6.07) is 6.95. The van der Waals surface area contributed by atoms with Crippen LogP contribution in [0.25, 0.3) is 0 Å². The van der Waals surface area contributed by atoms with Gasteiger partial charge < -0.3 is 5.32 Å². The molecule has 1 fully saturated rings. The Hall–Kier alpha value is -0.930. The van der Waals surface area contributed by atoms with Gasteiger partial charge in [0.25, 0.3) is 0 Å². The van der Waals surface area contributed by atoms with E-state index in [9.17, 15) is 4.39 Å². The third-order valence-electron chi connectivity index (χ3n) is 3.67. The maximum Gasteiger partial charge on any atom is 0.123 e. The molecule has 2 nitrogen and oxygen atoms in total. The fourth-order valence-electron chi connectivity index (χ4n) is 2.59. The van der Waals surface area contributed by atoms with Crippen LogP contribution in [-0.2, 0) is 5.54 Å². The van der Waals surface area contributed by atoms with Crippen molar-refractivity contribution < 1.29 is 4.39 Å². The monoisotopic (exact) mass is 222 g/mol. The highest BCUT2D eigenvalue weighted by molar-refractivity contribution is 5.26. The van der Waals surface area contributed by atoms with Gasteiger partial charge in [-0.2, -0.15) is 0 Å². The average Bonchev–Trinajstić information content (AvgIpc) is 2.30. The highest BCUT2D eigenvalue weighted by Gasteiger charge is 2.35. The van der Waals surface area contributed by atoms with Gasteiger partial charge >= 0.3 is 0 Å². The number of rotatable bonds is 2. The van der Waals surface area contributed by atoms with E-state index < -0.39 is 0 Å². The second-order valence-electron chi connectivity index (χ2n) is 4.68. The van der Waals surface area contributed by atoms with Gasteiger partial charge in [-0.25, -0.2) is 4.39 Å². The Kier molecular flexibility index (Phi) is 3.26. The smallest absolute Gasteiger partial charge is 0.123 e. The zero-order valence-corrected chi connectivity index (χ0v) is 9.96. The topological polar surface area (TPSA) is 15.3 Å². The molecule has 0 bridgehead atoms. The summed E-state index contributed by atoms with van der Waals surface area (Å²) >= 11 is 0. The van der Waals surface area contributed by atoms with Crippen molar-refractivity contribution in [2.45, 2.75) is 18.4 Å². The molecule has 0 unspecified atom stereocenters. The van der Waals surface area contributed by atoms with E-state index in [0.717, 1.165) is 25.9 Å². The molecule has 0 spiro atoms. The van der Waals surface area contributed by atoms with Crippen LogP contribution in [0.5, 0.6) is 0 Å². The van der Waals surface area contributed by atoms with E-state index in [0.29, 0.717) is 0 Å². The van der Waals surface area contributed by atoms with Gasteiger partial charge in [0.1, 0.15) is 5.82 Å². The molecule has 1 N–H and O–H groups in total. The molecule has 0 aromatic heterocycles. The molecule has 0 atom stereocenters. The van der Waals surface area contributed by atoms with Gasteiger partial charge in [0.2, 0.25) is 0 Å². The molecule has 16 heavy (non-hydrogen) atoms. The van der Waals surface area contributed by atoms with Crippen LogP contribution in [0.4, 0.5) is 4.39 Å².